The van der Waals surface area contributed by atoms with E-state index in [1.54, 1.807) is 18.2 Å². The smallest absolute Gasteiger partial charge is 0.253 e. The van der Waals surface area contributed by atoms with E-state index in [1.165, 1.54) is 7.05 Å². The highest BCUT2D eigenvalue weighted by molar-refractivity contribution is 9.10. The van der Waals surface area contributed by atoms with Crippen LogP contribution in [0.25, 0.3) is 0 Å². The molecule has 0 aliphatic heterocycles. The molecule has 0 aliphatic carbocycles. The second-order valence-corrected chi connectivity index (χ2v) is 3.22. The number of nitrogens with one attached hydrogen (secondary N) is 2. The van der Waals surface area contributed by atoms with Crippen molar-refractivity contribution in [2.24, 2.45) is 0 Å². The molecular weight excluding hydrogens is 232 g/mol. The molecular formula is C9H11BrN2O. The molecule has 70 valence electrons. The van der Waals surface area contributed by atoms with E-state index < -0.39 is 6.98 Å². The Morgan fingerprint density at radius 3 is 3.00 bits per heavy atom. The molecule has 0 unspecified atom stereocenters. The highest BCUT2D eigenvalue weighted by atomic mass is 79.9. The largest absolute Gasteiger partial charge is 0.387 e. The summed E-state index contributed by atoms with van der Waals surface area (Å²) in [6.45, 7) is -2.34. The highest BCUT2D eigenvalue weighted by Crippen LogP contribution is 2.25. The number of anilines is 1. The molecule has 0 radical (unpaired) electrons. The van der Waals surface area contributed by atoms with Crippen molar-refractivity contribution in [3.8, 4) is 0 Å². The lowest BCUT2D eigenvalue weighted by Crippen LogP contribution is -2.19. The number of carbonyl (C=O) groups is 1. The van der Waals surface area contributed by atoms with Crippen LogP contribution in [0, 0.1) is 0 Å². The lowest BCUT2D eigenvalue weighted by atomic mass is 10.1. The summed E-state index contributed by atoms with van der Waals surface area (Å²) in [5, 5.41) is 4.78. The van der Waals surface area contributed by atoms with Gasteiger partial charge in [-0.05, 0) is 28.1 Å². The van der Waals surface area contributed by atoms with Crippen LogP contribution in [0.4, 0.5) is 5.69 Å². The monoisotopic (exact) mass is 245 g/mol. The van der Waals surface area contributed by atoms with Crippen LogP contribution in [0.1, 0.15) is 14.5 Å². The van der Waals surface area contributed by atoms with Crippen molar-refractivity contribution in [2.75, 3.05) is 19.3 Å². The molecule has 3 nitrogen and oxygen atoms in total. The second kappa shape index (κ2) is 4.28. The summed E-state index contributed by atoms with van der Waals surface area (Å²) in [6.07, 6.45) is 0. The van der Waals surface area contributed by atoms with Crippen molar-refractivity contribution in [2.45, 2.75) is 0 Å². The number of carbonyl (C=O) groups excluding carboxylic acids is 1. The van der Waals surface area contributed by atoms with E-state index in [-0.39, 0.29) is 17.2 Å². The van der Waals surface area contributed by atoms with Gasteiger partial charge in [0, 0.05) is 22.6 Å². The van der Waals surface area contributed by atoms with Gasteiger partial charge in [-0.2, -0.15) is 0 Å². The number of amides is 1. The van der Waals surface area contributed by atoms with Gasteiger partial charge in [0.05, 0.1) is 11.3 Å². The topological polar surface area (TPSA) is 41.1 Å². The Balaban J connectivity index is 3.19. The quantitative estimate of drug-likeness (QED) is 0.836. The summed E-state index contributed by atoms with van der Waals surface area (Å²) in [5.74, 6) is -0.340. The van der Waals surface area contributed by atoms with Crippen LogP contribution in [0.15, 0.2) is 22.7 Å². The van der Waals surface area contributed by atoms with Crippen molar-refractivity contribution in [3.05, 3.63) is 28.2 Å². The number of benzene rings is 1. The molecule has 1 aromatic rings. The van der Waals surface area contributed by atoms with Crippen LogP contribution in [0.5, 0.6) is 0 Å². The van der Waals surface area contributed by atoms with E-state index >= 15 is 0 Å². The van der Waals surface area contributed by atoms with Crippen molar-refractivity contribution >= 4 is 27.5 Å². The number of hydrogen-bond acceptors (Lipinski definition) is 2. The molecule has 1 amide bonds. The van der Waals surface area contributed by atoms with Crippen LogP contribution >= 0.6 is 15.9 Å². The lowest BCUT2D eigenvalue weighted by Gasteiger charge is -2.09. The van der Waals surface area contributed by atoms with Crippen LogP contribution in [0.3, 0.4) is 0 Å². The molecule has 0 saturated carbocycles. The molecule has 0 bridgehead atoms. The van der Waals surface area contributed by atoms with Crippen molar-refractivity contribution in [1.29, 1.82) is 0 Å². The third-order valence-corrected chi connectivity index (χ3v) is 2.27. The molecule has 0 fully saturated rings. The molecule has 1 rings (SSSR count). The number of para-hydroxylation sites is 1. The first-order chi connectivity index (χ1) is 7.35. The maximum atomic E-state index is 11.5. The molecule has 13 heavy (non-hydrogen) atoms. The molecule has 0 aromatic heterocycles. The van der Waals surface area contributed by atoms with E-state index in [1.807, 2.05) is 0 Å². The third-order valence-electron chi connectivity index (χ3n) is 1.61. The van der Waals surface area contributed by atoms with Gasteiger partial charge < -0.3 is 10.6 Å². The van der Waals surface area contributed by atoms with Crippen LogP contribution in [-0.4, -0.2) is 19.9 Å². The van der Waals surface area contributed by atoms with Crippen LogP contribution in [-0.2, 0) is 0 Å². The predicted molar refractivity (Wildman–Crippen MR) is 57.1 cm³/mol. The molecule has 0 saturated heterocycles. The first-order valence-corrected chi connectivity index (χ1v) is 4.43. The van der Waals surface area contributed by atoms with Gasteiger partial charge in [0.15, 0.2) is 0 Å². The van der Waals surface area contributed by atoms with Crippen molar-refractivity contribution < 1.29 is 8.91 Å². The van der Waals surface area contributed by atoms with Gasteiger partial charge in [-0.1, -0.05) is 6.07 Å². The van der Waals surface area contributed by atoms with Crippen molar-refractivity contribution in [1.82, 2.24) is 5.32 Å². The summed E-state index contributed by atoms with van der Waals surface area (Å²) in [4.78, 5) is 11.5. The number of hydrogen-bond donors (Lipinski definition) is 2. The van der Waals surface area contributed by atoms with Gasteiger partial charge in [0.25, 0.3) is 5.91 Å². The fourth-order valence-electron chi connectivity index (χ4n) is 0.975. The van der Waals surface area contributed by atoms with Gasteiger partial charge in [0.2, 0.25) is 0 Å². The minimum atomic E-state index is -2.34. The normalized spacial score (nSPS) is 13.8. The minimum absolute atomic E-state index is 0.266. The second-order valence-electron chi connectivity index (χ2n) is 2.37. The summed E-state index contributed by atoms with van der Waals surface area (Å²) >= 11 is 3.20. The Morgan fingerprint density at radius 2 is 2.38 bits per heavy atom. The first-order valence-electron chi connectivity index (χ1n) is 5.14. The van der Waals surface area contributed by atoms with E-state index in [9.17, 15) is 4.79 Å². The summed E-state index contributed by atoms with van der Waals surface area (Å²) < 4.78 is 21.9. The Bertz CT molecular complexity index is 406. The number of halogens is 1. The van der Waals surface area contributed by atoms with Crippen LogP contribution < -0.4 is 10.6 Å². The first kappa shape index (κ1) is 6.43. The standard InChI is InChI=1S/C9H11BrN2O/c1-11-8-6(9(13)12-2)4-3-5-7(8)10/h3-5,11H,1-2H3,(H,12,13)/i1D3. The Labute approximate surface area is 89.9 Å². The fraction of sp³-hybridized carbons (Fsp3) is 0.222. The average molecular weight is 246 g/mol. The zero-order valence-corrected chi connectivity index (χ0v) is 8.60. The summed E-state index contributed by atoms with van der Waals surface area (Å²) in [7, 11) is 1.49. The molecule has 1 aromatic carbocycles. The van der Waals surface area contributed by atoms with Gasteiger partial charge >= 0.3 is 0 Å². The van der Waals surface area contributed by atoms with E-state index in [0.29, 0.717) is 4.47 Å². The molecule has 0 heterocycles. The molecule has 0 spiro atoms. The average Bonchev–Trinajstić information content (AvgIpc) is 2.18. The minimum Gasteiger partial charge on any atom is -0.387 e. The lowest BCUT2D eigenvalue weighted by molar-refractivity contribution is 0.0964. The number of rotatable bonds is 2. The van der Waals surface area contributed by atoms with E-state index in [0.717, 1.165) is 0 Å². The molecule has 0 atom stereocenters. The Morgan fingerprint density at radius 1 is 1.62 bits per heavy atom. The molecule has 0 aliphatic rings. The highest BCUT2D eigenvalue weighted by Gasteiger charge is 2.10. The van der Waals surface area contributed by atoms with Gasteiger partial charge in [-0.3, -0.25) is 4.79 Å². The predicted octanol–water partition coefficient (Wildman–Crippen LogP) is 1.85. The molecule has 2 N–H and O–H groups in total. The summed E-state index contributed by atoms with van der Waals surface area (Å²) in [6, 6.07) is 4.89. The SMILES string of the molecule is [2H]C([2H])([2H])Nc1c(Br)cccc1C(=O)NC. The van der Waals surface area contributed by atoms with E-state index in [2.05, 4.69) is 26.6 Å². The summed E-state index contributed by atoms with van der Waals surface area (Å²) in [5.41, 5.74) is 0.551. The zero-order chi connectivity index (χ0) is 12.3. The maximum absolute atomic E-state index is 11.5. The van der Waals surface area contributed by atoms with Crippen LogP contribution in [0.2, 0.25) is 0 Å². The van der Waals surface area contributed by atoms with Gasteiger partial charge in [0.1, 0.15) is 0 Å². The third kappa shape index (κ3) is 2.01. The molecule has 4 heteroatoms. The van der Waals surface area contributed by atoms with Crippen molar-refractivity contribution in [3.63, 3.8) is 0 Å². The fourth-order valence-corrected chi connectivity index (χ4v) is 1.44. The maximum Gasteiger partial charge on any atom is 0.253 e. The Hall–Kier alpha value is -1.03. The van der Waals surface area contributed by atoms with E-state index in [4.69, 9.17) is 4.11 Å². The van der Waals surface area contributed by atoms with Gasteiger partial charge in [-0.25, -0.2) is 0 Å². The van der Waals surface area contributed by atoms with Gasteiger partial charge in [-0.15, -0.1) is 0 Å². The Kier molecular flexibility index (Phi) is 2.11. The zero-order valence-electron chi connectivity index (χ0n) is 10.0.